The fraction of sp³-hybridized carbons (Fsp3) is 0.632. The summed E-state index contributed by atoms with van der Waals surface area (Å²) in [5.74, 6) is 1.05. The minimum absolute atomic E-state index is 0.137. The number of hydrogen-bond acceptors (Lipinski definition) is 4. The van der Waals surface area contributed by atoms with Crippen LogP contribution in [0.5, 0.6) is 5.75 Å². The second kappa shape index (κ2) is 8.49. The highest BCUT2D eigenvalue weighted by Crippen LogP contribution is 2.19. The summed E-state index contributed by atoms with van der Waals surface area (Å²) in [6, 6.07) is 8.54. The minimum Gasteiger partial charge on any atom is -0.497 e. The first-order valence-corrected chi connectivity index (χ1v) is 8.99. The third-order valence-electron chi connectivity index (χ3n) is 4.93. The van der Waals surface area contributed by atoms with Crippen LogP contribution in [-0.2, 0) is 16.1 Å². The van der Waals surface area contributed by atoms with Gasteiger partial charge in [-0.1, -0.05) is 12.1 Å². The first-order chi connectivity index (χ1) is 11.7. The average Bonchev–Trinajstić information content (AvgIpc) is 3.09. The molecule has 1 N–H and O–H groups in total. The van der Waals surface area contributed by atoms with Crippen molar-refractivity contribution in [1.82, 2.24) is 10.2 Å². The minimum atomic E-state index is 0.137. The van der Waals surface area contributed by atoms with E-state index in [0.717, 1.165) is 57.7 Å². The predicted molar refractivity (Wildman–Crippen MR) is 93.0 cm³/mol. The maximum absolute atomic E-state index is 12.1. The fourth-order valence-electron chi connectivity index (χ4n) is 3.56. The number of likely N-dealkylation sites (tertiary alicyclic amines) is 1. The van der Waals surface area contributed by atoms with Crippen LogP contribution in [0.2, 0.25) is 0 Å². The molecule has 0 aromatic heterocycles. The third kappa shape index (κ3) is 4.95. The molecular formula is C19H28N2O3. The van der Waals surface area contributed by atoms with Crippen molar-refractivity contribution in [3.8, 4) is 5.75 Å². The summed E-state index contributed by atoms with van der Waals surface area (Å²) < 4.78 is 10.8. The summed E-state index contributed by atoms with van der Waals surface area (Å²) in [4.78, 5) is 14.5. The van der Waals surface area contributed by atoms with Gasteiger partial charge in [-0.05, 0) is 43.4 Å². The number of benzene rings is 1. The van der Waals surface area contributed by atoms with Gasteiger partial charge in [-0.2, -0.15) is 0 Å². The van der Waals surface area contributed by atoms with Crippen molar-refractivity contribution in [2.75, 3.05) is 26.8 Å². The summed E-state index contributed by atoms with van der Waals surface area (Å²) in [5.41, 5.74) is 1.27. The van der Waals surface area contributed by atoms with Crippen LogP contribution in [0.1, 0.15) is 37.7 Å². The Morgan fingerprint density at radius 2 is 2.17 bits per heavy atom. The highest BCUT2D eigenvalue weighted by Gasteiger charge is 2.23. The summed E-state index contributed by atoms with van der Waals surface area (Å²) in [6.07, 6.45) is 4.79. The van der Waals surface area contributed by atoms with E-state index in [1.165, 1.54) is 5.56 Å². The Kier molecular flexibility index (Phi) is 6.10. The van der Waals surface area contributed by atoms with Gasteiger partial charge in [-0.25, -0.2) is 0 Å². The zero-order chi connectivity index (χ0) is 16.8. The summed E-state index contributed by atoms with van der Waals surface area (Å²) in [7, 11) is 1.70. The van der Waals surface area contributed by atoms with Gasteiger partial charge in [0.2, 0.25) is 5.91 Å². The Morgan fingerprint density at radius 1 is 1.33 bits per heavy atom. The van der Waals surface area contributed by atoms with Gasteiger partial charge < -0.3 is 14.8 Å². The molecule has 2 fully saturated rings. The molecule has 2 heterocycles. The van der Waals surface area contributed by atoms with Crippen LogP contribution in [0.15, 0.2) is 24.3 Å². The molecule has 1 atom stereocenters. The first kappa shape index (κ1) is 17.2. The van der Waals surface area contributed by atoms with Gasteiger partial charge in [0.15, 0.2) is 0 Å². The molecule has 1 aromatic carbocycles. The number of nitrogens with zero attached hydrogens (tertiary/aromatic N) is 1. The molecule has 2 saturated heterocycles. The van der Waals surface area contributed by atoms with Gasteiger partial charge in [-0.3, -0.25) is 9.69 Å². The van der Waals surface area contributed by atoms with Crippen LogP contribution in [0.25, 0.3) is 0 Å². The van der Waals surface area contributed by atoms with E-state index < -0.39 is 0 Å². The Hall–Kier alpha value is -1.59. The van der Waals surface area contributed by atoms with Crippen LogP contribution in [0.3, 0.4) is 0 Å². The molecule has 1 aromatic rings. The van der Waals surface area contributed by atoms with E-state index in [9.17, 15) is 4.79 Å². The van der Waals surface area contributed by atoms with Gasteiger partial charge >= 0.3 is 0 Å². The van der Waals surface area contributed by atoms with E-state index in [2.05, 4.69) is 22.3 Å². The zero-order valence-corrected chi connectivity index (χ0v) is 14.5. The fourth-order valence-corrected chi connectivity index (χ4v) is 3.56. The largest absolute Gasteiger partial charge is 0.497 e. The molecule has 3 rings (SSSR count). The van der Waals surface area contributed by atoms with E-state index in [1.807, 2.05) is 12.1 Å². The van der Waals surface area contributed by atoms with Crippen molar-refractivity contribution in [2.24, 2.45) is 0 Å². The number of piperidine rings is 1. The summed E-state index contributed by atoms with van der Waals surface area (Å²) in [6.45, 7) is 3.78. The Bertz CT molecular complexity index is 535. The van der Waals surface area contributed by atoms with E-state index in [4.69, 9.17) is 9.47 Å². The van der Waals surface area contributed by atoms with Crippen LogP contribution >= 0.6 is 0 Å². The van der Waals surface area contributed by atoms with Crippen LogP contribution in [0.4, 0.5) is 0 Å². The van der Waals surface area contributed by atoms with E-state index >= 15 is 0 Å². The number of amides is 1. The highest BCUT2D eigenvalue weighted by atomic mass is 16.5. The molecule has 132 valence electrons. The SMILES string of the molecule is COc1cccc(CN2CCC(NC(=O)CC3CCCO3)CC2)c1. The Labute approximate surface area is 144 Å². The van der Waals surface area contributed by atoms with E-state index in [-0.39, 0.29) is 12.0 Å². The predicted octanol–water partition coefficient (Wildman–Crippen LogP) is 2.34. The number of hydrogen-bond donors (Lipinski definition) is 1. The number of methoxy groups -OCH3 is 1. The molecule has 0 bridgehead atoms. The Morgan fingerprint density at radius 3 is 2.88 bits per heavy atom. The number of rotatable bonds is 6. The van der Waals surface area contributed by atoms with Crippen molar-refractivity contribution < 1.29 is 14.3 Å². The summed E-state index contributed by atoms with van der Waals surface area (Å²) in [5, 5.41) is 3.18. The molecule has 0 spiro atoms. The lowest BCUT2D eigenvalue weighted by molar-refractivity contribution is -0.124. The normalized spacial score (nSPS) is 22.5. The average molecular weight is 332 g/mol. The summed E-state index contributed by atoms with van der Waals surface area (Å²) >= 11 is 0. The van der Waals surface area contributed by atoms with E-state index in [1.54, 1.807) is 7.11 Å². The molecule has 0 saturated carbocycles. The standard InChI is InChI=1S/C19H28N2O3/c1-23-17-5-2-4-15(12-17)14-21-9-7-16(8-10-21)20-19(22)13-18-6-3-11-24-18/h2,4-5,12,16,18H,3,6-11,13-14H2,1H3,(H,20,22). The zero-order valence-electron chi connectivity index (χ0n) is 14.5. The molecule has 2 aliphatic heterocycles. The molecule has 1 amide bonds. The van der Waals surface area contributed by atoms with Crippen molar-refractivity contribution in [2.45, 2.75) is 50.8 Å². The van der Waals surface area contributed by atoms with Gasteiger partial charge in [0.25, 0.3) is 0 Å². The molecule has 24 heavy (non-hydrogen) atoms. The molecular weight excluding hydrogens is 304 g/mol. The van der Waals surface area contributed by atoms with E-state index in [0.29, 0.717) is 12.5 Å². The maximum atomic E-state index is 12.1. The van der Waals surface area contributed by atoms with Crippen molar-refractivity contribution in [1.29, 1.82) is 0 Å². The lowest BCUT2D eigenvalue weighted by atomic mass is 10.0. The molecule has 0 aliphatic carbocycles. The number of ether oxygens (including phenoxy) is 2. The maximum Gasteiger partial charge on any atom is 0.222 e. The Balaban J connectivity index is 1.39. The van der Waals surface area contributed by atoms with Crippen molar-refractivity contribution in [3.63, 3.8) is 0 Å². The van der Waals surface area contributed by atoms with Gasteiger partial charge in [0.1, 0.15) is 5.75 Å². The second-order valence-electron chi connectivity index (χ2n) is 6.81. The number of nitrogens with one attached hydrogen (secondary N) is 1. The smallest absolute Gasteiger partial charge is 0.222 e. The van der Waals surface area contributed by atoms with Gasteiger partial charge in [0, 0.05) is 32.3 Å². The topological polar surface area (TPSA) is 50.8 Å². The second-order valence-corrected chi connectivity index (χ2v) is 6.81. The van der Waals surface area contributed by atoms with Crippen molar-refractivity contribution >= 4 is 5.91 Å². The van der Waals surface area contributed by atoms with Crippen LogP contribution < -0.4 is 10.1 Å². The third-order valence-corrected chi connectivity index (χ3v) is 4.93. The monoisotopic (exact) mass is 332 g/mol. The lowest BCUT2D eigenvalue weighted by Gasteiger charge is -2.32. The molecule has 0 radical (unpaired) electrons. The molecule has 5 nitrogen and oxygen atoms in total. The van der Waals surface area contributed by atoms with Gasteiger partial charge in [-0.15, -0.1) is 0 Å². The quantitative estimate of drug-likeness (QED) is 0.869. The molecule has 2 aliphatic rings. The molecule has 1 unspecified atom stereocenters. The lowest BCUT2D eigenvalue weighted by Crippen LogP contribution is -2.44. The molecule has 5 heteroatoms. The number of carbonyl (C=O) groups excluding carboxylic acids is 1. The highest BCUT2D eigenvalue weighted by molar-refractivity contribution is 5.76. The van der Waals surface area contributed by atoms with Crippen LogP contribution in [-0.4, -0.2) is 49.8 Å². The van der Waals surface area contributed by atoms with Crippen molar-refractivity contribution in [3.05, 3.63) is 29.8 Å². The van der Waals surface area contributed by atoms with Gasteiger partial charge in [0.05, 0.1) is 19.6 Å². The first-order valence-electron chi connectivity index (χ1n) is 8.99. The number of carbonyl (C=O) groups is 1. The van der Waals surface area contributed by atoms with Crippen LogP contribution in [0, 0.1) is 0 Å².